The predicted molar refractivity (Wildman–Crippen MR) is 131 cm³/mol. The minimum Gasteiger partial charge on any atom is -0.497 e. The van der Waals surface area contributed by atoms with Gasteiger partial charge in [-0.3, -0.25) is 9.10 Å². The molecule has 0 saturated heterocycles. The van der Waals surface area contributed by atoms with Gasteiger partial charge in [-0.2, -0.15) is 0 Å². The second-order valence-corrected chi connectivity index (χ2v) is 9.90. The average Bonchev–Trinajstić information content (AvgIpc) is 2.82. The highest BCUT2D eigenvalue weighted by Gasteiger charge is 2.28. The quantitative estimate of drug-likeness (QED) is 0.455. The van der Waals surface area contributed by atoms with Gasteiger partial charge in [0.1, 0.15) is 12.3 Å². The zero-order chi connectivity index (χ0) is 24.0. The van der Waals surface area contributed by atoms with E-state index >= 15 is 0 Å². The van der Waals surface area contributed by atoms with E-state index in [-0.39, 0.29) is 17.5 Å². The number of sulfonamides is 1. The number of ether oxygens (including phenoxy) is 1. The lowest BCUT2D eigenvalue weighted by Gasteiger charge is -2.26. The van der Waals surface area contributed by atoms with E-state index in [0.29, 0.717) is 17.1 Å². The van der Waals surface area contributed by atoms with Crippen molar-refractivity contribution in [2.75, 3.05) is 18.0 Å². The molecule has 0 aliphatic heterocycles. The maximum atomic E-state index is 13.5. The molecule has 0 heterocycles. The first-order chi connectivity index (χ1) is 15.7. The summed E-state index contributed by atoms with van der Waals surface area (Å²) in [6.45, 7) is 3.46. The van der Waals surface area contributed by atoms with E-state index in [1.165, 1.54) is 12.1 Å². The van der Waals surface area contributed by atoms with E-state index in [2.05, 4.69) is 5.32 Å². The predicted octanol–water partition coefficient (Wildman–Crippen LogP) is 5.12. The third kappa shape index (κ3) is 6.06. The molecule has 33 heavy (non-hydrogen) atoms. The van der Waals surface area contributed by atoms with Crippen molar-refractivity contribution in [3.05, 3.63) is 88.9 Å². The van der Waals surface area contributed by atoms with Crippen molar-refractivity contribution in [1.29, 1.82) is 0 Å². The molecule has 6 nitrogen and oxygen atoms in total. The number of nitrogens with zero attached hydrogens (tertiary/aromatic N) is 1. The number of amides is 1. The van der Waals surface area contributed by atoms with E-state index in [4.69, 9.17) is 16.3 Å². The molecule has 0 bridgehead atoms. The highest BCUT2D eigenvalue weighted by atomic mass is 35.5. The van der Waals surface area contributed by atoms with Crippen molar-refractivity contribution in [3.8, 4) is 5.75 Å². The Morgan fingerprint density at radius 2 is 1.61 bits per heavy atom. The van der Waals surface area contributed by atoms with Crippen molar-refractivity contribution >= 4 is 33.2 Å². The van der Waals surface area contributed by atoms with Gasteiger partial charge >= 0.3 is 0 Å². The first kappa shape index (κ1) is 24.6. The number of rotatable bonds is 9. The molecule has 1 atom stereocenters. The molecule has 0 unspecified atom stereocenters. The van der Waals surface area contributed by atoms with Crippen LogP contribution in [-0.2, 0) is 14.8 Å². The SMILES string of the molecule is CC[C@H](NC(=O)CN(c1ccc(Cl)cc1)S(=O)(=O)c1ccc(C)cc1)c1ccc(OC)cc1. The number of hydrogen-bond acceptors (Lipinski definition) is 4. The molecule has 0 radical (unpaired) electrons. The molecule has 0 aliphatic carbocycles. The molecule has 0 saturated carbocycles. The molecule has 0 spiro atoms. The molecular weight excluding hydrogens is 460 g/mol. The number of carbonyl (C=O) groups excluding carboxylic acids is 1. The molecule has 3 aromatic carbocycles. The molecule has 3 aromatic rings. The Morgan fingerprint density at radius 3 is 2.15 bits per heavy atom. The maximum Gasteiger partial charge on any atom is 0.264 e. The van der Waals surface area contributed by atoms with Crippen LogP contribution in [0.2, 0.25) is 5.02 Å². The Kier molecular flexibility index (Phi) is 8.00. The summed E-state index contributed by atoms with van der Waals surface area (Å²) in [5.74, 6) is 0.307. The number of nitrogens with one attached hydrogen (secondary N) is 1. The minimum absolute atomic E-state index is 0.109. The van der Waals surface area contributed by atoms with Gasteiger partial charge in [-0.15, -0.1) is 0 Å². The minimum atomic E-state index is -3.98. The zero-order valence-corrected chi connectivity index (χ0v) is 20.4. The molecule has 0 aliphatic rings. The largest absolute Gasteiger partial charge is 0.497 e. The third-order valence-corrected chi connectivity index (χ3v) is 7.31. The van der Waals surface area contributed by atoms with Gasteiger partial charge < -0.3 is 10.1 Å². The van der Waals surface area contributed by atoms with Crippen LogP contribution in [-0.4, -0.2) is 28.0 Å². The highest BCUT2D eigenvalue weighted by Crippen LogP contribution is 2.26. The number of carbonyl (C=O) groups is 1. The van der Waals surface area contributed by atoms with Gasteiger partial charge in [0.2, 0.25) is 5.91 Å². The van der Waals surface area contributed by atoms with Crippen LogP contribution in [0.4, 0.5) is 5.69 Å². The van der Waals surface area contributed by atoms with E-state index in [1.807, 2.05) is 38.1 Å². The van der Waals surface area contributed by atoms with Gasteiger partial charge in [0.15, 0.2) is 0 Å². The number of hydrogen-bond donors (Lipinski definition) is 1. The molecule has 0 aromatic heterocycles. The Bertz CT molecular complexity index is 1180. The number of methoxy groups -OCH3 is 1. The van der Waals surface area contributed by atoms with Crippen LogP contribution in [0.5, 0.6) is 5.75 Å². The van der Waals surface area contributed by atoms with Gasteiger partial charge in [0.05, 0.1) is 23.7 Å². The fourth-order valence-electron chi connectivity index (χ4n) is 3.39. The zero-order valence-electron chi connectivity index (χ0n) is 18.8. The second-order valence-electron chi connectivity index (χ2n) is 7.60. The molecule has 1 N–H and O–H groups in total. The first-order valence-corrected chi connectivity index (χ1v) is 12.3. The lowest BCUT2D eigenvalue weighted by molar-refractivity contribution is -0.120. The number of halogens is 1. The summed E-state index contributed by atoms with van der Waals surface area (Å²) >= 11 is 5.99. The van der Waals surface area contributed by atoms with Crippen LogP contribution in [0.1, 0.15) is 30.5 Å². The molecule has 174 valence electrons. The van der Waals surface area contributed by atoms with Crippen LogP contribution in [0.15, 0.2) is 77.7 Å². The van der Waals surface area contributed by atoms with Crippen LogP contribution >= 0.6 is 11.6 Å². The van der Waals surface area contributed by atoms with Crippen LogP contribution in [0.3, 0.4) is 0 Å². The van der Waals surface area contributed by atoms with Crippen molar-refractivity contribution in [2.24, 2.45) is 0 Å². The summed E-state index contributed by atoms with van der Waals surface area (Å²) in [6, 6.07) is 20.0. The molecule has 8 heteroatoms. The maximum absolute atomic E-state index is 13.5. The summed E-state index contributed by atoms with van der Waals surface area (Å²) in [4.78, 5) is 13.1. The van der Waals surface area contributed by atoms with Gasteiger partial charge in [-0.25, -0.2) is 8.42 Å². The Hall–Kier alpha value is -3.03. The lowest BCUT2D eigenvalue weighted by atomic mass is 10.0. The highest BCUT2D eigenvalue weighted by molar-refractivity contribution is 7.92. The van der Waals surface area contributed by atoms with Crippen molar-refractivity contribution in [1.82, 2.24) is 5.32 Å². The van der Waals surface area contributed by atoms with Gasteiger partial charge in [-0.05, 0) is 67.4 Å². The van der Waals surface area contributed by atoms with Crippen molar-refractivity contribution in [3.63, 3.8) is 0 Å². The van der Waals surface area contributed by atoms with Crippen LogP contribution < -0.4 is 14.4 Å². The number of aryl methyl sites for hydroxylation is 1. The topological polar surface area (TPSA) is 75.7 Å². The van der Waals surface area contributed by atoms with E-state index in [0.717, 1.165) is 21.2 Å². The second kappa shape index (κ2) is 10.7. The standard InChI is InChI=1S/C25H27ClN2O4S/c1-4-24(19-7-13-22(32-3)14-8-19)27-25(29)17-28(21-11-9-20(26)10-12-21)33(30,31)23-15-5-18(2)6-16-23/h5-16,24H,4,17H2,1-3H3,(H,27,29)/t24-/m0/s1. The summed E-state index contributed by atoms with van der Waals surface area (Å²) in [5, 5.41) is 3.43. The number of anilines is 1. The fraction of sp³-hybridized carbons (Fsp3) is 0.240. The van der Waals surface area contributed by atoms with Gasteiger partial charge in [0.25, 0.3) is 10.0 Å². The van der Waals surface area contributed by atoms with Gasteiger partial charge in [0, 0.05) is 5.02 Å². The Balaban J connectivity index is 1.88. The van der Waals surface area contributed by atoms with Gasteiger partial charge in [-0.1, -0.05) is 48.4 Å². The smallest absolute Gasteiger partial charge is 0.264 e. The summed E-state index contributed by atoms with van der Waals surface area (Å²) in [6.07, 6.45) is 0.643. The average molecular weight is 487 g/mol. The van der Waals surface area contributed by atoms with E-state index in [1.54, 1.807) is 43.5 Å². The van der Waals surface area contributed by atoms with Crippen LogP contribution in [0, 0.1) is 6.92 Å². The lowest BCUT2D eigenvalue weighted by Crippen LogP contribution is -2.42. The Morgan fingerprint density at radius 1 is 1.00 bits per heavy atom. The third-order valence-electron chi connectivity index (χ3n) is 5.27. The summed E-state index contributed by atoms with van der Waals surface area (Å²) in [5.41, 5.74) is 2.20. The molecule has 0 fully saturated rings. The summed E-state index contributed by atoms with van der Waals surface area (Å²) < 4.78 is 33.2. The van der Waals surface area contributed by atoms with E-state index in [9.17, 15) is 13.2 Å². The van der Waals surface area contributed by atoms with E-state index < -0.39 is 15.9 Å². The fourth-order valence-corrected chi connectivity index (χ4v) is 4.93. The monoisotopic (exact) mass is 486 g/mol. The number of benzene rings is 3. The molecule has 3 rings (SSSR count). The molecular formula is C25H27ClN2O4S. The normalized spacial score (nSPS) is 12.1. The summed E-state index contributed by atoms with van der Waals surface area (Å²) in [7, 11) is -2.39. The van der Waals surface area contributed by atoms with Crippen LogP contribution in [0.25, 0.3) is 0 Å². The first-order valence-electron chi connectivity index (χ1n) is 10.5. The molecule has 1 amide bonds. The Labute approximate surface area is 200 Å². The van der Waals surface area contributed by atoms with Crippen molar-refractivity contribution in [2.45, 2.75) is 31.2 Å². The van der Waals surface area contributed by atoms with Crippen molar-refractivity contribution < 1.29 is 17.9 Å².